The number of methoxy groups -OCH3 is 1. The maximum absolute atomic E-state index is 12.4. The number of likely N-dealkylation sites (tertiary alicyclic amines) is 1. The first kappa shape index (κ1) is 18.1. The van der Waals surface area contributed by atoms with Crippen molar-refractivity contribution in [1.82, 2.24) is 14.9 Å². The Morgan fingerprint density at radius 3 is 2.85 bits per heavy atom. The maximum Gasteiger partial charge on any atom is 0.248 e. The molecule has 2 heterocycles. The van der Waals surface area contributed by atoms with Crippen molar-refractivity contribution in [3.8, 4) is 11.8 Å². The van der Waals surface area contributed by atoms with Gasteiger partial charge in [0.25, 0.3) is 0 Å². The number of carbonyl (C=O) groups excluding carboxylic acids is 1. The number of rotatable bonds is 7. The van der Waals surface area contributed by atoms with Crippen molar-refractivity contribution < 1.29 is 19.0 Å². The molecule has 1 aliphatic rings. The highest BCUT2D eigenvalue weighted by Crippen LogP contribution is 2.18. The summed E-state index contributed by atoms with van der Waals surface area (Å²) in [5.74, 6) is 0.787. The molecule has 1 aromatic carbocycles. The van der Waals surface area contributed by atoms with E-state index < -0.39 is 0 Å². The van der Waals surface area contributed by atoms with Crippen molar-refractivity contribution >= 4 is 5.91 Å². The molecule has 7 nitrogen and oxygen atoms in total. The highest BCUT2D eigenvalue weighted by Gasteiger charge is 2.25. The minimum atomic E-state index is -0.108. The van der Waals surface area contributed by atoms with Gasteiger partial charge in [-0.1, -0.05) is 30.3 Å². The fraction of sp³-hybridized carbons (Fsp3) is 0.421. The lowest BCUT2D eigenvalue weighted by molar-refractivity contribution is -0.139. The van der Waals surface area contributed by atoms with Gasteiger partial charge in [-0.15, -0.1) is 0 Å². The van der Waals surface area contributed by atoms with E-state index in [-0.39, 0.29) is 18.6 Å². The topological polar surface area (TPSA) is 73.8 Å². The van der Waals surface area contributed by atoms with Gasteiger partial charge in [-0.2, -0.15) is 4.98 Å². The van der Waals surface area contributed by atoms with Crippen LogP contribution in [0.4, 0.5) is 0 Å². The van der Waals surface area contributed by atoms with Gasteiger partial charge in [0.2, 0.25) is 17.7 Å². The standard InChI is InChI=1S/C19H23N3O4/c1-24-17-10-20-11-18(21-17)26-16-8-5-9-22(12-16)19(23)14-25-13-15-6-3-2-4-7-15/h2-4,6-7,10-11,16H,5,8-9,12-14H2,1H3/t16-/m0/s1. The summed E-state index contributed by atoms with van der Waals surface area (Å²) >= 11 is 0. The number of nitrogens with zero attached hydrogens (tertiary/aromatic N) is 3. The zero-order valence-corrected chi connectivity index (χ0v) is 14.8. The van der Waals surface area contributed by atoms with Crippen molar-refractivity contribution in [2.75, 3.05) is 26.8 Å². The molecule has 1 aliphatic heterocycles. The van der Waals surface area contributed by atoms with Crippen molar-refractivity contribution in [2.45, 2.75) is 25.6 Å². The zero-order chi connectivity index (χ0) is 18.2. The first-order chi connectivity index (χ1) is 12.7. The van der Waals surface area contributed by atoms with E-state index in [1.807, 2.05) is 30.3 Å². The van der Waals surface area contributed by atoms with E-state index in [1.165, 1.54) is 13.3 Å². The largest absolute Gasteiger partial charge is 0.480 e. The van der Waals surface area contributed by atoms with Crippen LogP contribution in [0.15, 0.2) is 42.7 Å². The molecular formula is C19H23N3O4. The number of ether oxygens (including phenoxy) is 3. The van der Waals surface area contributed by atoms with Gasteiger partial charge in [-0.25, -0.2) is 0 Å². The number of benzene rings is 1. The smallest absolute Gasteiger partial charge is 0.248 e. The third kappa shape index (κ3) is 5.16. The summed E-state index contributed by atoms with van der Waals surface area (Å²) in [6, 6.07) is 9.81. The Morgan fingerprint density at radius 1 is 1.23 bits per heavy atom. The summed E-state index contributed by atoms with van der Waals surface area (Å²) in [5, 5.41) is 0. The molecule has 3 rings (SSSR count). The van der Waals surface area contributed by atoms with Crippen LogP contribution in [-0.4, -0.2) is 53.7 Å². The minimum Gasteiger partial charge on any atom is -0.480 e. The summed E-state index contributed by atoms with van der Waals surface area (Å²) in [4.78, 5) is 22.4. The molecule has 0 bridgehead atoms. The van der Waals surface area contributed by atoms with Gasteiger partial charge in [0.15, 0.2) is 0 Å². The van der Waals surface area contributed by atoms with E-state index in [9.17, 15) is 4.79 Å². The lowest BCUT2D eigenvalue weighted by atomic mass is 10.1. The summed E-state index contributed by atoms with van der Waals surface area (Å²) in [7, 11) is 1.53. The monoisotopic (exact) mass is 357 g/mol. The highest BCUT2D eigenvalue weighted by atomic mass is 16.5. The molecule has 1 atom stereocenters. The van der Waals surface area contributed by atoms with Crippen LogP contribution in [-0.2, 0) is 16.1 Å². The number of amides is 1. The average Bonchev–Trinajstić information content (AvgIpc) is 2.69. The average molecular weight is 357 g/mol. The second kappa shape index (κ2) is 9.15. The lowest BCUT2D eigenvalue weighted by Crippen LogP contribution is -2.45. The zero-order valence-electron chi connectivity index (χ0n) is 14.8. The van der Waals surface area contributed by atoms with Gasteiger partial charge < -0.3 is 19.1 Å². The number of carbonyl (C=O) groups is 1. The van der Waals surface area contributed by atoms with Crippen LogP contribution < -0.4 is 9.47 Å². The Balaban J connectivity index is 1.47. The Hall–Kier alpha value is -2.67. The normalized spacial score (nSPS) is 17.0. The van der Waals surface area contributed by atoms with Crippen LogP contribution in [0, 0.1) is 0 Å². The highest BCUT2D eigenvalue weighted by molar-refractivity contribution is 5.77. The van der Waals surface area contributed by atoms with Gasteiger partial charge in [0.1, 0.15) is 12.7 Å². The van der Waals surface area contributed by atoms with Crippen LogP contribution in [0.25, 0.3) is 0 Å². The van der Waals surface area contributed by atoms with Crippen molar-refractivity contribution in [1.29, 1.82) is 0 Å². The predicted octanol–water partition coefficient (Wildman–Crippen LogP) is 2.07. The molecule has 0 unspecified atom stereocenters. The quantitative estimate of drug-likeness (QED) is 0.755. The summed E-state index contributed by atoms with van der Waals surface area (Å²) in [6.45, 7) is 1.74. The SMILES string of the molecule is COc1cncc(O[C@H]2CCCN(C(=O)COCc3ccccc3)C2)n1. The molecule has 138 valence electrons. The molecule has 0 spiro atoms. The van der Waals surface area contributed by atoms with Crippen molar-refractivity contribution in [3.63, 3.8) is 0 Å². The first-order valence-electron chi connectivity index (χ1n) is 8.66. The Bertz CT molecular complexity index is 711. The van der Waals surface area contributed by atoms with Crippen LogP contribution in [0.1, 0.15) is 18.4 Å². The maximum atomic E-state index is 12.4. The Kier molecular flexibility index (Phi) is 6.38. The number of piperidine rings is 1. The predicted molar refractivity (Wildman–Crippen MR) is 94.9 cm³/mol. The molecule has 0 aliphatic carbocycles. The summed E-state index contributed by atoms with van der Waals surface area (Å²) < 4.78 is 16.5. The second-order valence-corrected chi connectivity index (χ2v) is 6.10. The minimum absolute atomic E-state index is 0.0223. The van der Waals surface area contributed by atoms with E-state index in [1.54, 1.807) is 11.1 Å². The fourth-order valence-electron chi connectivity index (χ4n) is 2.84. The molecule has 1 fully saturated rings. The summed E-state index contributed by atoms with van der Waals surface area (Å²) in [6.07, 6.45) is 4.71. The molecule has 1 saturated heterocycles. The van der Waals surface area contributed by atoms with E-state index in [0.29, 0.717) is 24.9 Å². The molecular weight excluding hydrogens is 334 g/mol. The van der Waals surface area contributed by atoms with Gasteiger partial charge in [0.05, 0.1) is 32.7 Å². The number of hydrogen-bond donors (Lipinski definition) is 0. The Labute approximate surface area is 152 Å². The van der Waals surface area contributed by atoms with E-state index in [0.717, 1.165) is 24.9 Å². The molecule has 0 N–H and O–H groups in total. The van der Waals surface area contributed by atoms with Crippen LogP contribution in [0.3, 0.4) is 0 Å². The third-order valence-corrected chi connectivity index (χ3v) is 4.15. The second-order valence-electron chi connectivity index (χ2n) is 6.10. The van der Waals surface area contributed by atoms with Crippen LogP contribution in [0.5, 0.6) is 11.8 Å². The van der Waals surface area contributed by atoms with E-state index in [2.05, 4.69) is 9.97 Å². The molecule has 26 heavy (non-hydrogen) atoms. The van der Waals surface area contributed by atoms with Gasteiger partial charge >= 0.3 is 0 Å². The number of hydrogen-bond acceptors (Lipinski definition) is 6. The van der Waals surface area contributed by atoms with Gasteiger partial charge in [-0.05, 0) is 18.4 Å². The molecule has 2 aromatic rings. The molecule has 1 amide bonds. The third-order valence-electron chi connectivity index (χ3n) is 4.15. The van der Waals surface area contributed by atoms with E-state index in [4.69, 9.17) is 14.2 Å². The molecule has 1 aromatic heterocycles. The van der Waals surface area contributed by atoms with Crippen molar-refractivity contribution in [3.05, 3.63) is 48.3 Å². The van der Waals surface area contributed by atoms with Gasteiger partial charge in [-0.3, -0.25) is 9.78 Å². The van der Waals surface area contributed by atoms with Gasteiger partial charge in [0, 0.05) is 6.54 Å². The Morgan fingerprint density at radius 2 is 2.04 bits per heavy atom. The molecule has 0 saturated carbocycles. The first-order valence-corrected chi connectivity index (χ1v) is 8.66. The van der Waals surface area contributed by atoms with Crippen molar-refractivity contribution in [2.24, 2.45) is 0 Å². The molecule has 7 heteroatoms. The van der Waals surface area contributed by atoms with Crippen LogP contribution >= 0.6 is 0 Å². The molecule has 0 radical (unpaired) electrons. The lowest BCUT2D eigenvalue weighted by Gasteiger charge is -2.32. The fourth-order valence-corrected chi connectivity index (χ4v) is 2.84. The number of aromatic nitrogens is 2. The summed E-state index contributed by atoms with van der Waals surface area (Å²) in [5.41, 5.74) is 1.05. The van der Waals surface area contributed by atoms with E-state index >= 15 is 0 Å². The van der Waals surface area contributed by atoms with Crippen LogP contribution in [0.2, 0.25) is 0 Å².